The van der Waals surface area contributed by atoms with Crippen molar-refractivity contribution in [1.29, 1.82) is 0 Å². The summed E-state index contributed by atoms with van der Waals surface area (Å²) in [5, 5.41) is 8.01. The third-order valence-electron chi connectivity index (χ3n) is 2.96. The van der Waals surface area contributed by atoms with Gasteiger partial charge >= 0.3 is 6.09 Å². The predicted octanol–water partition coefficient (Wildman–Crippen LogP) is 0.919. The van der Waals surface area contributed by atoms with Crippen LogP contribution in [0.15, 0.2) is 6.20 Å². The van der Waals surface area contributed by atoms with Crippen LogP contribution in [0.2, 0.25) is 0 Å². The van der Waals surface area contributed by atoms with Crippen molar-refractivity contribution in [2.45, 2.75) is 45.4 Å². The van der Waals surface area contributed by atoms with Crippen molar-refractivity contribution in [3.8, 4) is 0 Å². The molecular formula is C12H21N5O2. The van der Waals surface area contributed by atoms with Gasteiger partial charge < -0.3 is 15.4 Å². The van der Waals surface area contributed by atoms with Crippen molar-refractivity contribution in [3.63, 3.8) is 0 Å². The molecule has 0 radical (unpaired) electrons. The van der Waals surface area contributed by atoms with Crippen LogP contribution in [0.3, 0.4) is 0 Å². The van der Waals surface area contributed by atoms with Crippen LogP contribution in [0.5, 0.6) is 0 Å². The topological polar surface area (TPSA) is 86.3 Å². The molecule has 1 fully saturated rings. The van der Waals surface area contributed by atoms with Gasteiger partial charge in [-0.25, -0.2) is 9.48 Å². The maximum absolute atomic E-state index is 11.9. The van der Waals surface area contributed by atoms with E-state index >= 15 is 0 Å². The van der Waals surface area contributed by atoms with E-state index in [2.05, 4.69) is 10.3 Å². The molecule has 2 N–H and O–H groups in total. The summed E-state index contributed by atoms with van der Waals surface area (Å²) in [7, 11) is 0. The largest absolute Gasteiger partial charge is 0.444 e. The summed E-state index contributed by atoms with van der Waals surface area (Å²) >= 11 is 0. The minimum absolute atomic E-state index is 0.153. The lowest BCUT2D eigenvalue weighted by Crippen LogP contribution is -2.35. The number of ether oxygens (including phenoxy) is 1. The highest BCUT2D eigenvalue weighted by molar-refractivity contribution is 5.68. The van der Waals surface area contributed by atoms with Gasteiger partial charge in [-0.15, -0.1) is 5.10 Å². The third kappa shape index (κ3) is 3.44. The van der Waals surface area contributed by atoms with Gasteiger partial charge in [0.05, 0.1) is 17.9 Å². The number of carbonyl (C=O) groups excluding carboxylic acids is 1. The quantitative estimate of drug-likeness (QED) is 0.861. The molecule has 1 atom stereocenters. The van der Waals surface area contributed by atoms with Crippen LogP contribution in [-0.2, 0) is 11.3 Å². The number of hydrogen-bond donors (Lipinski definition) is 1. The van der Waals surface area contributed by atoms with E-state index in [1.54, 1.807) is 9.58 Å². The van der Waals surface area contributed by atoms with Crippen LogP contribution in [0, 0.1) is 0 Å². The first-order valence-corrected chi connectivity index (χ1v) is 6.48. The first-order valence-electron chi connectivity index (χ1n) is 6.48. The van der Waals surface area contributed by atoms with Crippen molar-refractivity contribution >= 4 is 6.09 Å². The highest BCUT2D eigenvalue weighted by atomic mass is 16.6. The molecule has 2 rings (SSSR count). The maximum atomic E-state index is 11.9. The Morgan fingerprint density at radius 2 is 2.32 bits per heavy atom. The average molecular weight is 267 g/mol. The molecule has 0 aromatic carbocycles. The molecule has 1 amide bonds. The second-order valence-corrected chi connectivity index (χ2v) is 5.76. The van der Waals surface area contributed by atoms with Gasteiger partial charge in [-0.05, 0) is 27.2 Å². The van der Waals surface area contributed by atoms with Crippen LogP contribution in [0.4, 0.5) is 4.79 Å². The Hall–Kier alpha value is -1.63. The van der Waals surface area contributed by atoms with Crippen molar-refractivity contribution < 1.29 is 9.53 Å². The summed E-state index contributed by atoms with van der Waals surface area (Å²) < 4.78 is 7.14. The van der Waals surface area contributed by atoms with Crippen molar-refractivity contribution in [1.82, 2.24) is 19.9 Å². The van der Waals surface area contributed by atoms with Gasteiger partial charge in [-0.3, -0.25) is 0 Å². The van der Waals surface area contributed by atoms with Gasteiger partial charge in [-0.2, -0.15) is 0 Å². The number of nitrogens with two attached hydrogens (primary N) is 1. The van der Waals surface area contributed by atoms with E-state index in [-0.39, 0.29) is 12.1 Å². The zero-order chi connectivity index (χ0) is 14.0. The van der Waals surface area contributed by atoms with Crippen LogP contribution in [0.1, 0.15) is 38.9 Å². The summed E-state index contributed by atoms with van der Waals surface area (Å²) in [5.41, 5.74) is 5.80. The molecular weight excluding hydrogens is 246 g/mol. The van der Waals surface area contributed by atoms with E-state index in [0.29, 0.717) is 19.6 Å². The first-order chi connectivity index (χ1) is 8.89. The molecule has 1 aromatic heterocycles. The molecule has 0 aliphatic carbocycles. The smallest absolute Gasteiger partial charge is 0.410 e. The van der Waals surface area contributed by atoms with Gasteiger partial charge in [0.1, 0.15) is 5.60 Å². The Morgan fingerprint density at radius 1 is 1.58 bits per heavy atom. The van der Waals surface area contributed by atoms with Gasteiger partial charge in [0, 0.05) is 19.6 Å². The second kappa shape index (κ2) is 5.16. The van der Waals surface area contributed by atoms with E-state index in [1.165, 1.54) is 0 Å². The minimum Gasteiger partial charge on any atom is -0.444 e. The van der Waals surface area contributed by atoms with Crippen molar-refractivity contribution in [3.05, 3.63) is 11.9 Å². The van der Waals surface area contributed by atoms with Crippen molar-refractivity contribution in [2.24, 2.45) is 5.73 Å². The molecule has 0 spiro atoms. The van der Waals surface area contributed by atoms with Gasteiger partial charge in [0.25, 0.3) is 0 Å². The Labute approximate surface area is 112 Å². The summed E-state index contributed by atoms with van der Waals surface area (Å²) in [6.45, 7) is 7.25. The Kier molecular flexibility index (Phi) is 3.75. The highest BCUT2D eigenvalue weighted by Gasteiger charge is 2.31. The molecule has 7 nitrogen and oxygen atoms in total. The van der Waals surface area contributed by atoms with E-state index in [1.807, 2.05) is 27.0 Å². The zero-order valence-corrected chi connectivity index (χ0v) is 11.7. The molecule has 7 heteroatoms. The lowest BCUT2D eigenvalue weighted by molar-refractivity contribution is 0.0288. The van der Waals surface area contributed by atoms with Crippen LogP contribution in [0.25, 0.3) is 0 Å². The van der Waals surface area contributed by atoms with E-state index < -0.39 is 5.60 Å². The zero-order valence-electron chi connectivity index (χ0n) is 11.7. The fourth-order valence-corrected chi connectivity index (χ4v) is 2.04. The van der Waals surface area contributed by atoms with E-state index in [4.69, 9.17) is 10.5 Å². The SMILES string of the molecule is CC(C)(C)OC(=O)N1CCC(n2cc(CN)nn2)C1. The molecule has 1 unspecified atom stereocenters. The van der Waals surface area contributed by atoms with E-state index in [0.717, 1.165) is 12.1 Å². The first kappa shape index (κ1) is 13.8. The molecule has 1 aliphatic rings. The van der Waals surface area contributed by atoms with Gasteiger partial charge in [0.15, 0.2) is 0 Å². The number of likely N-dealkylation sites (tertiary alicyclic amines) is 1. The number of carbonyl (C=O) groups is 1. The van der Waals surface area contributed by atoms with Gasteiger partial charge in [0.2, 0.25) is 0 Å². The fourth-order valence-electron chi connectivity index (χ4n) is 2.04. The van der Waals surface area contributed by atoms with Gasteiger partial charge in [-0.1, -0.05) is 5.21 Å². The summed E-state index contributed by atoms with van der Waals surface area (Å²) in [4.78, 5) is 13.6. The second-order valence-electron chi connectivity index (χ2n) is 5.76. The number of rotatable bonds is 2. The Bertz CT molecular complexity index is 451. The number of amides is 1. The molecule has 1 saturated heterocycles. The van der Waals surface area contributed by atoms with Crippen LogP contribution >= 0.6 is 0 Å². The molecule has 19 heavy (non-hydrogen) atoms. The third-order valence-corrected chi connectivity index (χ3v) is 2.96. The summed E-state index contributed by atoms with van der Waals surface area (Å²) in [6, 6.07) is 0.153. The normalized spacial score (nSPS) is 19.8. The minimum atomic E-state index is -0.463. The molecule has 0 saturated carbocycles. The average Bonchev–Trinajstić information content (AvgIpc) is 2.95. The van der Waals surface area contributed by atoms with Crippen LogP contribution < -0.4 is 5.73 Å². The fraction of sp³-hybridized carbons (Fsp3) is 0.750. The van der Waals surface area contributed by atoms with Crippen molar-refractivity contribution in [2.75, 3.05) is 13.1 Å². The number of aromatic nitrogens is 3. The highest BCUT2D eigenvalue weighted by Crippen LogP contribution is 2.22. The number of nitrogens with zero attached hydrogens (tertiary/aromatic N) is 4. The molecule has 1 aliphatic heterocycles. The maximum Gasteiger partial charge on any atom is 0.410 e. The molecule has 2 heterocycles. The predicted molar refractivity (Wildman–Crippen MR) is 69.4 cm³/mol. The Morgan fingerprint density at radius 3 is 2.89 bits per heavy atom. The molecule has 1 aromatic rings. The standard InChI is InChI=1S/C12H21N5O2/c1-12(2,3)19-11(18)16-5-4-10(8-16)17-7-9(6-13)14-15-17/h7,10H,4-6,8,13H2,1-3H3. The lowest BCUT2D eigenvalue weighted by Gasteiger charge is -2.24. The molecule has 0 bridgehead atoms. The van der Waals surface area contributed by atoms with Crippen LogP contribution in [-0.4, -0.2) is 44.7 Å². The lowest BCUT2D eigenvalue weighted by atomic mass is 10.2. The monoisotopic (exact) mass is 267 g/mol. The van der Waals surface area contributed by atoms with E-state index in [9.17, 15) is 4.79 Å². The Balaban J connectivity index is 1.94. The summed E-state index contributed by atoms with van der Waals surface area (Å²) in [6.07, 6.45) is 2.42. The number of hydrogen-bond acceptors (Lipinski definition) is 5. The summed E-state index contributed by atoms with van der Waals surface area (Å²) in [5.74, 6) is 0. The molecule has 106 valence electrons.